The Morgan fingerprint density at radius 1 is 1.15 bits per heavy atom. The molecule has 4 N–H and O–H groups in total. The third kappa shape index (κ3) is 1.96. The first kappa shape index (κ1) is 13.3. The van der Waals surface area contributed by atoms with Gasteiger partial charge in [-0.1, -0.05) is 0 Å². The van der Waals surface area contributed by atoms with Crippen LogP contribution in [-0.2, 0) is 4.74 Å². The number of ether oxygens (including phenoxy) is 1. The maximum absolute atomic E-state index is 10.1. The van der Waals surface area contributed by atoms with Gasteiger partial charge in [-0.05, 0) is 0 Å². The molecule has 0 spiro atoms. The summed E-state index contributed by atoms with van der Waals surface area (Å²) in [7, 11) is 0. The average Bonchev–Trinajstić information content (AvgIpc) is 2.94. The molecule has 3 heterocycles. The lowest BCUT2D eigenvalue weighted by atomic mass is 9.98. The monoisotopic (exact) mass is 282 g/mol. The van der Waals surface area contributed by atoms with E-state index >= 15 is 0 Å². The van der Waals surface area contributed by atoms with E-state index in [2.05, 4.69) is 15.0 Å². The third-order valence-electron chi connectivity index (χ3n) is 3.38. The highest BCUT2D eigenvalue weighted by Crippen LogP contribution is 2.31. The Kier molecular flexibility index (Phi) is 3.36. The van der Waals surface area contributed by atoms with E-state index in [0.29, 0.717) is 11.5 Å². The van der Waals surface area contributed by atoms with Crippen molar-refractivity contribution in [3.8, 4) is 11.5 Å². The van der Waals surface area contributed by atoms with E-state index in [-0.39, 0.29) is 0 Å². The van der Waals surface area contributed by atoms with E-state index in [1.165, 1.54) is 23.4 Å². The molecule has 0 aromatic heterocycles. The summed E-state index contributed by atoms with van der Waals surface area (Å²) in [4.78, 5) is 12.0. The smallest absolute Gasteiger partial charge is 0.165 e. The van der Waals surface area contributed by atoms with Gasteiger partial charge in [0.2, 0.25) is 0 Å². The van der Waals surface area contributed by atoms with Crippen molar-refractivity contribution in [1.29, 1.82) is 0 Å². The fraction of sp³-hybridized carbons (Fsp3) is 0.545. The fourth-order valence-electron chi connectivity index (χ4n) is 2.29. The van der Waals surface area contributed by atoms with Gasteiger partial charge in [0.05, 0.1) is 19.1 Å². The molecule has 3 aliphatic rings. The maximum Gasteiger partial charge on any atom is 0.165 e. The average molecular weight is 282 g/mol. The largest absolute Gasteiger partial charge is 0.394 e. The van der Waals surface area contributed by atoms with Crippen LogP contribution in [-0.4, -0.2) is 71.0 Å². The van der Waals surface area contributed by atoms with Crippen LogP contribution in [0.25, 0.3) is 11.5 Å². The number of aliphatic hydroxyl groups excluding tert-OH is 4. The summed E-state index contributed by atoms with van der Waals surface area (Å²) in [6.07, 6.45) is -2.02. The molecule has 9 heteroatoms. The normalized spacial score (nSPS) is 34.5. The Morgan fingerprint density at radius 2 is 1.95 bits per heavy atom. The quantitative estimate of drug-likeness (QED) is 0.485. The predicted octanol–water partition coefficient (Wildman–Crippen LogP) is -2.25. The van der Waals surface area contributed by atoms with Gasteiger partial charge in [-0.25, -0.2) is 15.0 Å². The number of aromatic nitrogens is 4. The standard InChI is InChI=1S/C11H14N4O5/c16-2-6-7(17)8(18)9(19)11(20-6)15-4-12-1-5-10(15)14-3-13-5/h1,3-4,6-9,11,16-19H,2H2/t6-,7-,8+,9-,11?/m1/s1. The van der Waals surface area contributed by atoms with Gasteiger partial charge in [0, 0.05) is 0 Å². The predicted molar refractivity (Wildman–Crippen MR) is 63.5 cm³/mol. The first-order chi connectivity index (χ1) is 9.63. The van der Waals surface area contributed by atoms with Crippen molar-refractivity contribution in [3.05, 3.63) is 18.9 Å². The SMILES string of the molecule is OC[C@H]1OC(n2cncc3ncnc2-3)[C@H](O)[C@@H](O)[C@@H]1O. The minimum atomic E-state index is -1.45. The lowest BCUT2D eigenvalue weighted by Crippen LogP contribution is -2.56. The second-order valence-corrected chi connectivity index (χ2v) is 4.60. The summed E-state index contributed by atoms with van der Waals surface area (Å²) in [6.45, 7) is -0.488. The van der Waals surface area contributed by atoms with Gasteiger partial charge >= 0.3 is 0 Å². The highest BCUT2D eigenvalue weighted by atomic mass is 16.6. The van der Waals surface area contributed by atoms with Gasteiger partial charge in [0.15, 0.2) is 12.1 Å². The molecule has 20 heavy (non-hydrogen) atoms. The molecular formula is C11H14N4O5. The molecule has 0 radical (unpaired) electrons. The van der Waals surface area contributed by atoms with Crippen LogP contribution in [0.3, 0.4) is 0 Å². The number of imidazole rings is 1. The number of hydrogen-bond acceptors (Lipinski definition) is 8. The molecule has 0 amide bonds. The van der Waals surface area contributed by atoms with Crippen molar-refractivity contribution >= 4 is 0 Å². The molecule has 1 unspecified atom stereocenters. The molecule has 0 saturated carbocycles. The van der Waals surface area contributed by atoms with Crippen LogP contribution in [0.15, 0.2) is 18.9 Å². The van der Waals surface area contributed by atoms with Gasteiger partial charge in [-0.3, -0.25) is 4.57 Å². The Hall–Kier alpha value is -1.65. The molecule has 3 rings (SSSR count). The van der Waals surface area contributed by atoms with E-state index in [9.17, 15) is 20.4 Å². The van der Waals surface area contributed by atoms with Crippen molar-refractivity contribution in [3.63, 3.8) is 0 Å². The van der Waals surface area contributed by atoms with Crippen molar-refractivity contribution in [1.82, 2.24) is 19.5 Å². The topological polar surface area (TPSA) is 134 Å². The highest BCUT2D eigenvalue weighted by Gasteiger charge is 2.44. The van der Waals surface area contributed by atoms with Crippen LogP contribution in [0.1, 0.15) is 6.23 Å². The number of aliphatic hydroxyl groups is 4. The number of fused-ring (bicyclic) bond motifs is 1. The molecule has 1 fully saturated rings. The van der Waals surface area contributed by atoms with E-state index in [4.69, 9.17) is 4.74 Å². The Labute approximate surface area is 113 Å². The minimum Gasteiger partial charge on any atom is -0.394 e. The van der Waals surface area contributed by atoms with E-state index in [0.717, 1.165) is 0 Å². The molecule has 108 valence electrons. The second kappa shape index (κ2) is 5.04. The molecule has 1 saturated heterocycles. The summed E-state index contributed by atoms with van der Waals surface area (Å²) in [6, 6.07) is 0. The Morgan fingerprint density at radius 3 is 2.70 bits per heavy atom. The van der Waals surface area contributed by atoms with Crippen LogP contribution >= 0.6 is 0 Å². The van der Waals surface area contributed by atoms with Crippen LogP contribution in [0.4, 0.5) is 0 Å². The summed E-state index contributed by atoms with van der Waals surface area (Å²) >= 11 is 0. The number of rotatable bonds is 2. The molecule has 0 aliphatic carbocycles. The molecule has 0 bridgehead atoms. The van der Waals surface area contributed by atoms with Crippen molar-refractivity contribution < 1.29 is 25.2 Å². The van der Waals surface area contributed by atoms with Crippen LogP contribution in [0.5, 0.6) is 0 Å². The molecule has 5 atom stereocenters. The zero-order chi connectivity index (χ0) is 14.3. The number of hydrogen-bond donors (Lipinski definition) is 4. The molecule has 0 aromatic carbocycles. The van der Waals surface area contributed by atoms with Gasteiger partial charge < -0.3 is 25.2 Å². The zero-order valence-electron chi connectivity index (χ0n) is 10.3. The van der Waals surface area contributed by atoms with Gasteiger partial charge in [-0.2, -0.15) is 0 Å². The molecule has 0 aromatic rings. The maximum atomic E-state index is 10.1. The van der Waals surface area contributed by atoms with Crippen molar-refractivity contribution in [2.24, 2.45) is 0 Å². The summed E-state index contributed by atoms with van der Waals surface area (Å²) in [5.74, 6) is 0.421. The van der Waals surface area contributed by atoms with E-state index < -0.39 is 37.3 Å². The molecule has 9 nitrogen and oxygen atoms in total. The summed E-state index contributed by atoms with van der Waals surface area (Å²) in [5, 5.41) is 38.8. The summed E-state index contributed by atoms with van der Waals surface area (Å²) in [5.41, 5.74) is 0.504. The van der Waals surface area contributed by atoms with Gasteiger partial charge in [0.1, 0.15) is 36.4 Å². The Bertz CT molecular complexity index is 562. The second-order valence-electron chi connectivity index (χ2n) is 4.60. The van der Waals surface area contributed by atoms with Crippen LogP contribution in [0, 0.1) is 0 Å². The molecular weight excluding hydrogens is 268 g/mol. The van der Waals surface area contributed by atoms with Gasteiger partial charge in [0.25, 0.3) is 0 Å². The minimum absolute atomic E-state index is 0.421. The number of nitrogens with zero attached hydrogens (tertiary/aromatic N) is 4. The van der Waals surface area contributed by atoms with Crippen molar-refractivity contribution in [2.45, 2.75) is 30.6 Å². The Balaban J connectivity index is 1.98. The van der Waals surface area contributed by atoms with Crippen LogP contribution < -0.4 is 0 Å². The van der Waals surface area contributed by atoms with Crippen LogP contribution in [0.2, 0.25) is 0 Å². The van der Waals surface area contributed by atoms with E-state index in [1.807, 2.05) is 0 Å². The fourth-order valence-corrected chi connectivity index (χ4v) is 2.29. The first-order valence-corrected chi connectivity index (χ1v) is 6.06. The van der Waals surface area contributed by atoms with Gasteiger partial charge in [-0.15, -0.1) is 0 Å². The first-order valence-electron chi connectivity index (χ1n) is 6.06. The highest BCUT2D eigenvalue weighted by molar-refractivity contribution is 5.48. The lowest BCUT2D eigenvalue weighted by molar-refractivity contribution is -0.251. The van der Waals surface area contributed by atoms with E-state index in [1.54, 1.807) is 0 Å². The molecule has 3 aliphatic heterocycles. The zero-order valence-corrected chi connectivity index (χ0v) is 10.3. The summed E-state index contributed by atoms with van der Waals surface area (Å²) < 4.78 is 6.85. The third-order valence-corrected chi connectivity index (χ3v) is 3.38. The lowest BCUT2D eigenvalue weighted by Gasteiger charge is -2.40. The van der Waals surface area contributed by atoms with Crippen molar-refractivity contribution in [2.75, 3.05) is 6.61 Å².